The summed E-state index contributed by atoms with van der Waals surface area (Å²) in [7, 11) is 0. The molecule has 3 heterocycles. The molecule has 0 aliphatic carbocycles. The molecule has 3 aromatic heterocycles. The monoisotopic (exact) mass is 362 g/mol. The van der Waals surface area contributed by atoms with Crippen molar-refractivity contribution < 1.29 is 13.6 Å². The van der Waals surface area contributed by atoms with Crippen LogP contribution in [0.25, 0.3) is 23.1 Å². The molecule has 0 radical (unpaired) electrons. The highest BCUT2D eigenvalue weighted by Crippen LogP contribution is 2.23. The second kappa shape index (κ2) is 7.25. The number of benzene rings is 1. The zero-order chi connectivity index (χ0) is 18.6. The number of rotatable bonds is 5. The molecule has 0 spiro atoms. The average molecular weight is 362 g/mol. The Bertz CT molecular complexity index is 1100. The van der Waals surface area contributed by atoms with E-state index in [0.29, 0.717) is 16.8 Å². The lowest BCUT2D eigenvalue weighted by Gasteiger charge is -2.04. The smallest absolute Gasteiger partial charge is 0.251 e. The van der Waals surface area contributed by atoms with E-state index >= 15 is 0 Å². The lowest BCUT2D eigenvalue weighted by Crippen LogP contribution is -2.22. The van der Waals surface area contributed by atoms with Crippen LogP contribution in [0.2, 0.25) is 0 Å². The summed E-state index contributed by atoms with van der Waals surface area (Å²) in [6, 6.07) is 10.0. The number of halogens is 1. The highest BCUT2D eigenvalue weighted by Gasteiger charge is 2.14. The van der Waals surface area contributed by atoms with Gasteiger partial charge in [0.2, 0.25) is 0 Å². The summed E-state index contributed by atoms with van der Waals surface area (Å²) in [6.07, 6.45) is 8.53. The second-order valence-electron chi connectivity index (χ2n) is 5.87. The minimum Gasteiger partial charge on any atom is -0.467 e. The van der Waals surface area contributed by atoms with E-state index in [4.69, 9.17) is 4.42 Å². The Morgan fingerprint density at radius 1 is 1.26 bits per heavy atom. The molecule has 0 saturated carbocycles. The van der Waals surface area contributed by atoms with Crippen LogP contribution in [-0.4, -0.2) is 21.1 Å². The molecule has 1 amide bonds. The Kier molecular flexibility index (Phi) is 4.49. The Labute approximate surface area is 153 Å². The topological polar surface area (TPSA) is 83.8 Å². The predicted octanol–water partition coefficient (Wildman–Crippen LogP) is 3.79. The van der Waals surface area contributed by atoms with Crippen LogP contribution in [0, 0.1) is 5.82 Å². The van der Waals surface area contributed by atoms with E-state index in [1.54, 1.807) is 36.7 Å². The zero-order valence-electron chi connectivity index (χ0n) is 14.1. The number of nitrogens with one attached hydrogen (secondary N) is 2. The van der Waals surface area contributed by atoms with Crippen molar-refractivity contribution in [2.24, 2.45) is 0 Å². The third kappa shape index (κ3) is 3.62. The number of hydrogen-bond acceptors (Lipinski definition) is 4. The van der Waals surface area contributed by atoms with Crippen molar-refractivity contribution in [3.8, 4) is 0 Å². The Balaban J connectivity index is 1.61. The van der Waals surface area contributed by atoms with Gasteiger partial charge in [-0.3, -0.25) is 14.9 Å². The molecule has 0 unspecified atom stereocenters. The van der Waals surface area contributed by atoms with E-state index in [1.807, 2.05) is 18.2 Å². The minimum atomic E-state index is -0.562. The quantitative estimate of drug-likeness (QED) is 0.566. The van der Waals surface area contributed by atoms with Gasteiger partial charge in [0.25, 0.3) is 5.91 Å². The number of carbonyl (C=O) groups excluding carboxylic acids is 1. The fourth-order valence-electron chi connectivity index (χ4n) is 2.69. The van der Waals surface area contributed by atoms with Gasteiger partial charge in [-0.15, -0.1) is 0 Å². The van der Waals surface area contributed by atoms with Crippen molar-refractivity contribution in [1.29, 1.82) is 0 Å². The van der Waals surface area contributed by atoms with Crippen molar-refractivity contribution >= 4 is 29.0 Å². The number of aromatic amines is 1. The number of aromatic nitrogens is 3. The summed E-state index contributed by atoms with van der Waals surface area (Å²) in [6.45, 7) is 0.227. The predicted molar refractivity (Wildman–Crippen MR) is 99.1 cm³/mol. The van der Waals surface area contributed by atoms with Crippen LogP contribution in [0.4, 0.5) is 4.39 Å². The van der Waals surface area contributed by atoms with Gasteiger partial charge in [0.15, 0.2) is 5.82 Å². The lowest BCUT2D eigenvalue weighted by molar-refractivity contribution is 0.0948. The van der Waals surface area contributed by atoms with E-state index in [-0.39, 0.29) is 17.6 Å². The van der Waals surface area contributed by atoms with E-state index in [9.17, 15) is 9.18 Å². The first kappa shape index (κ1) is 16.7. The van der Waals surface area contributed by atoms with Crippen molar-refractivity contribution in [1.82, 2.24) is 20.5 Å². The Hall–Kier alpha value is -3.74. The maximum atomic E-state index is 14.4. The van der Waals surface area contributed by atoms with Gasteiger partial charge in [0.05, 0.1) is 18.5 Å². The number of nitrogens with zero attached hydrogens (tertiary/aromatic N) is 2. The zero-order valence-corrected chi connectivity index (χ0v) is 14.1. The summed E-state index contributed by atoms with van der Waals surface area (Å²) in [5.41, 5.74) is 1.90. The number of pyridine rings is 1. The standard InChI is InChI=1S/C20H15FN4O2/c21-17-10-14(20(26)23-12-15-4-2-8-27-15)9-16-18(24-25-19(16)17)6-5-13-3-1-7-22-11-13/h1-11H,12H2,(H,23,26)(H,24,25)/b6-5+. The van der Waals surface area contributed by atoms with Crippen LogP contribution in [0.15, 0.2) is 59.5 Å². The van der Waals surface area contributed by atoms with Gasteiger partial charge in [-0.1, -0.05) is 12.1 Å². The lowest BCUT2D eigenvalue weighted by atomic mass is 10.1. The fraction of sp³-hybridized carbons (Fsp3) is 0.0500. The van der Waals surface area contributed by atoms with Crippen molar-refractivity contribution in [2.45, 2.75) is 6.54 Å². The summed E-state index contributed by atoms with van der Waals surface area (Å²) in [5, 5.41) is 10.0. The molecule has 4 rings (SSSR count). The summed E-state index contributed by atoms with van der Waals surface area (Å²) in [4.78, 5) is 16.4. The molecule has 134 valence electrons. The third-order valence-corrected chi connectivity index (χ3v) is 4.03. The van der Waals surface area contributed by atoms with E-state index in [0.717, 1.165) is 5.56 Å². The van der Waals surface area contributed by atoms with Gasteiger partial charge < -0.3 is 9.73 Å². The minimum absolute atomic E-state index is 0.184. The molecule has 0 saturated heterocycles. The molecule has 0 aliphatic rings. The molecule has 2 N–H and O–H groups in total. The van der Waals surface area contributed by atoms with Crippen LogP contribution in [0.5, 0.6) is 0 Å². The fourth-order valence-corrected chi connectivity index (χ4v) is 2.69. The van der Waals surface area contributed by atoms with Crippen LogP contribution >= 0.6 is 0 Å². The molecular weight excluding hydrogens is 347 g/mol. The highest BCUT2D eigenvalue weighted by molar-refractivity contribution is 6.00. The summed E-state index contributed by atoms with van der Waals surface area (Å²) >= 11 is 0. The third-order valence-electron chi connectivity index (χ3n) is 4.03. The molecule has 6 nitrogen and oxygen atoms in total. The first-order valence-electron chi connectivity index (χ1n) is 8.27. The molecule has 1 aromatic carbocycles. The molecule has 0 bridgehead atoms. The Morgan fingerprint density at radius 2 is 2.19 bits per heavy atom. The molecule has 27 heavy (non-hydrogen) atoms. The van der Waals surface area contributed by atoms with Crippen molar-refractivity contribution in [3.05, 3.63) is 83.5 Å². The maximum Gasteiger partial charge on any atom is 0.251 e. The van der Waals surface area contributed by atoms with Crippen molar-refractivity contribution in [2.75, 3.05) is 0 Å². The number of hydrogen-bond donors (Lipinski definition) is 2. The van der Waals surface area contributed by atoms with Gasteiger partial charge in [-0.2, -0.15) is 5.10 Å². The van der Waals surface area contributed by atoms with Gasteiger partial charge in [0, 0.05) is 23.3 Å². The van der Waals surface area contributed by atoms with E-state index in [1.165, 1.54) is 12.3 Å². The number of fused-ring (bicyclic) bond motifs is 1. The Morgan fingerprint density at radius 3 is 2.96 bits per heavy atom. The molecule has 4 aromatic rings. The maximum absolute atomic E-state index is 14.4. The molecule has 0 atom stereocenters. The van der Waals surface area contributed by atoms with Crippen LogP contribution < -0.4 is 5.32 Å². The van der Waals surface area contributed by atoms with Gasteiger partial charge in [-0.05, 0) is 42.0 Å². The molecular formula is C20H15FN4O2. The molecule has 0 fully saturated rings. The highest BCUT2D eigenvalue weighted by atomic mass is 19.1. The number of amides is 1. The van der Waals surface area contributed by atoms with Gasteiger partial charge >= 0.3 is 0 Å². The first-order valence-corrected chi connectivity index (χ1v) is 8.27. The number of carbonyl (C=O) groups is 1. The van der Waals surface area contributed by atoms with Crippen LogP contribution in [0.1, 0.15) is 27.4 Å². The van der Waals surface area contributed by atoms with E-state index in [2.05, 4.69) is 20.5 Å². The molecule has 7 heteroatoms. The average Bonchev–Trinajstić information content (AvgIpc) is 3.35. The normalized spacial score (nSPS) is 11.3. The second-order valence-corrected chi connectivity index (χ2v) is 5.87. The number of H-pyrrole nitrogens is 1. The van der Waals surface area contributed by atoms with Crippen molar-refractivity contribution in [3.63, 3.8) is 0 Å². The van der Waals surface area contributed by atoms with Gasteiger partial charge in [-0.25, -0.2) is 4.39 Å². The number of furan rings is 1. The summed E-state index contributed by atoms with van der Waals surface area (Å²) < 4.78 is 19.6. The van der Waals surface area contributed by atoms with Crippen LogP contribution in [0.3, 0.4) is 0 Å². The van der Waals surface area contributed by atoms with E-state index < -0.39 is 11.7 Å². The first-order chi connectivity index (χ1) is 13.2. The molecule has 0 aliphatic heterocycles. The van der Waals surface area contributed by atoms with Crippen LogP contribution in [-0.2, 0) is 6.54 Å². The summed E-state index contributed by atoms with van der Waals surface area (Å²) in [5.74, 6) is -0.336. The van der Waals surface area contributed by atoms with Gasteiger partial charge in [0.1, 0.15) is 11.3 Å². The SMILES string of the molecule is O=C(NCc1ccco1)c1cc(F)c2n[nH]c(/C=C/c3cccnc3)c2c1. The largest absolute Gasteiger partial charge is 0.467 e.